The molecular weight excluding hydrogens is 378 g/mol. The maximum Gasteiger partial charge on any atom is 0.264 e. The van der Waals surface area contributed by atoms with Gasteiger partial charge in [0.25, 0.3) is 5.91 Å². The summed E-state index contributed by atoms with van der Waals surface area (Å²) in [7, 11) is -3.12. The monoisotopic (exact) mass is 405 g/mol. The Balaban J connectivity index is 1.81. The normalized spacial score (nSPS) is 19.4. The van der Waals surface area contributed by atoms with E-state index >= 15 is 0 Å². The van der Waals surface area contributed by atoms with E-state index in [-0.39, 0.29) is 30.0 Å². The Labute approximate surface area is 166 Å². The van der Waals surface area contributed by atoms with Crippen LogP contribution in [0.2, 0.25) is 0 Å². The van der Waals surface area contributed by atoms with Crippen molar-refractivity contribution in [2.75, 3.05) is 11.5 Å². The number of hydrogen-bond acceptors (Lipinski definition) is 5. The second-order valence-electron chi connectivity index (χ2n) is 7.49. The number of benzene rings is 1. The summed E-state index contributed by atoms with van der Waals surface area (Å²) in [6.45, 7) is 7.71. The van der Waals surface area contributed by atoms with Crippen molar-refractivity contribution in [3.8, 4) is 5.75 Å². The van der Waals surface area contributed by atoms with E-state index < -0.39 is 15.9 Å². The van der Waals surface area contributed by atoms with E-state index in [1.54, 1.807) is 11.8 Å². The lowest BCUT2D eigenvalue weighted by atomic mass is 10.1. The van der Waals surface area contributed by atoms with Gasteiger partial charge >= 0.3 is 0 Å². The van der Waals surface area contributed by atoms with Crippen molar-refractivity contribution < 1.29 is 22.4 Å². The Morgan fingerprint density at radius 3 is 2.61 bits per heavy atom. The largest absolute Gasteiger partial charge is 0.481 e. The van der Waals surface area contributed by atoms with Gasteiger partial charge in [0.2, 0.25) is 0 Å². The molecule has 1 amide bonds. The molecule has 0 unspecified atom stereocenters. The summed E-state index contributed by atoms with van der Waals surface area (Å²) in [5.41, 5.74) is 2.07. The van der Waals surface area contributed by atoms with Crippen LogP contribution in [-0.2, 0) is 21.2 Å². The van der Waals surface area contributed by atoms with Gasteiger partial charge in [-0.15, -0.1) is 0 Å². The molecule has 0 radical (unpaired) electrons. The minimum atomic E-state index is -3.12. The summed E-state index contributed by atoms with van der Waals surface area (Å²) in [6.07, 6.45) is -0.302. The van der Waals surface area contributed by atoms with Gasteiger partial charge < -0.3 is 14.1 Å². The number of sulfone groups is 1. The van der Waals surface area contributed by atoms with Crippen LogP contribution in [0.4, 0.5) is 0 Å². The van der Waals surface area contributed by atoms with E-state index in [0.29, 0.717) is 17.9 Å². The second kappa shape index (κ2) is 7.99. The first kappa shape index (κ1) is 20.5. The highest BCUT2D eigenvalue weighted by Gasteiger charge is 2.37. The Bertz CT molecular complexity index is 963. The quantitative estimate of drug-likeness (QED) is 0.738. The Morgan fingerprint density at radius 2 is 2.00 bits per heavy atom. The molecule has 1 saturated heterocycles. The minimum Gasteiger partial charge on any atom is -0.481 e. The van der Waals surface area contributed by atoms with Crippen molar-refractivity contribution in [3.05, 3.63) is 53.0 Å². The van der Waals surface area contributed by atoms with E-state index in [9.17, 15) is 13.2 Å². The SMILES string of the molecule is Cc1ccc(CN(C(=O)[C@H](C)Oc2cccc(C)c2C)[C@@H]2CCS(=O)(=O)C2)o1. The van der Waals surface area contributed by atoms with Crippen molar-refractivity contribution >= 4 is 15.7 Å². The summed E-state index contributed by atoms with van der Waals surface area (Å²) in [4.78, 5) is 14.8. The maximum atomic E-state index is 13.2. The van der Waals surface area contributed by atoms with Crippen molar-refractivity contribution in [3.63, 3.8) is 0 Å². The molecule has 2 aromatic rings. The lowest BCUT2D eigenvalue weighted by Gasteiger charge is -2.30. The summed E-state index contributed by atoms with van der Waals surface area (Å²) >= 11 is 0. The van der Waals surface area contributed by atoms with Gasteiger partial charge in [-0.05, 0) is 63.4 Å². The number of carbonyl (C=O) groups is 1. The average Bonchev–Trinajstić information content (AvgIpc) is 3.21. The number of nitrogens with zero attached hydrogens (tertiary/aromatic N) is 1. The third-order valence-corrected chi connectivity index (χ3v) is 7.01. The molecule has 1 aliphatic heterocycles. The first-order valence-electron chi connectivity index (χ1n) is 9.45. The van der Waals surface area contributed by atoms with Gasteiger partial charge in [0, 0.05) is 6.04 Å². The highest BCUT2D eigenvalue weighted by atomic mass is 32.2. The van der Waals surface area contributed by atoms with Gasteiger partial charge in [-0.1, -0.05) is 12.1 Å². The number of furan rings is 1. The van der Waals surface area contributed by atoms with Crippen LogP contribution >= 0.6 is 0 Å². The second-order valence-corrected chi connectivity index (χ2v) is 9.72. The topological polar surface area (TPSA) is 76.8 Å². The zero-order valence-corrected chi connectivity index (χ0v) is 17.6. The number of hydrogen-bond donors (Lipinski definition) is 0. The van der Waals surface area contributed by atoms with Crippen molar-refractivity contribution in [1.29, 1.82) is 0 Å². The fourth-order valence-electron chi connectivity index (χ4n) is 3.47. The smallest absolute Gasteiger partial charge is 0.264 e. The number of rotatable bonds is 6. The molecule has 7 heteroatoms. The molecule has 6 nitrogen and oxygen atoms in total. The molecule has 1 aromatic heterocycles. The lowest BCUT2D eigenvalue weighted by Crippen LogP contribution is -2.46. The summed E-state index contributed by atoms with van der Waals surface area (Å²) in [5, 5.41) is 0. The fraction of sp³-hybridized carbons (Fsp3) is 0.476. The average molecular weight is 406 g/mol. The Kier molecular flexibility index (Phi) is 5.84. The van der Waals surface area contributed by atoms with Crippen LogP contribution < -0.4 is 4.74 Å². The van der Waals surface area contributed by atoms with Crippen molar-refractivity contribution in [2.24, 2.45) is 0 Å². The number of amides is 1. The minimum absolute atomic E-state index is 0.0192. The van der Waals surface area contributed by atoms with E-state index in [2.05, 4.69) is 0 Å². The zero-order valence-electron chi connectivity index (χ0n) is 16.8. The van der Waals surface area contributed by atoms with Crippen LogP contribution in [-0.4, -0.2) is 42.9 Å². The van der Waals surface area contributed by atoms with Crippen LogP contribution in [0.25, 0.3) is 0 Å². The molecule has 152 valence electrons. The molecule has 0 saturated carbocycles. The number of aryl methyl sites for hydroxylation is 2. The predicted molar refractivity (Wildman–Crippen MR) is 107 cm³/mol. The first-order valence-corrected chi connectivity index (χ1v) is 11.3. The number of ether oxygens (including phenoxy) is 1. The van der Waals surface area contributed by atoms with Gasteiger partial charge in [0.05, 0.1) is 18.1 Å². The molecule has 0 bridgehead atoms. The molecule has 28 heavy (non-hydrogen) atoms. The molecule has 0 aliphatic carbocycles. The predicted octanol–water partition coefficient (Wildman–Crippen LogP) is 3.19. The summed E-state index contributed by atoms with van der Waals surface area (Å²) < 4.78 is 35.5. The summed E-state index contributed by atoms with van der Waals surface area (Å²) in [5.74, 6) is 1.89. The molecule has 0 N–H and O–H groups in total. The van der Waals surface area contributed by atoms with Gasteiger partial charge in [-0.25, -0.2) is 8.42 Å². The molecule has 2 heterocycles. The Morgan fingerprint density at radius 1 is 1.25 bits per heavy atom. The zero-order chi connectivity index (χ0) is 20.5. The van der Waals surface area contributed by atoms with E-state index in [1.165, 1.54) is 0 Å². The van der Waals surface area contributed by atoms with Gasteiger partial charge in [-0.3, -0.25) is 4.79 Å². The van der Waals surface area contributed by atoms with Gasteiger partial charge in [-0.2, -0.15) is 0 Å². The fourth-order valence-corrected chi connectivity index (χ4v) is 5.20. The van der Waals surface area contributed by atoms with Crippen LogP contribution in [0.1, 0.15) is 36.0 Å². The standard InChI is InChI=1S/C21H27NO5S/c1-14-6-5-7-20(16(14)3)27-17(4)21(23)22(12-19-9-8-15(2)26-19)18-10-11-28(24,25)13-18/h5-9,17-18H,10-13H2,1-4H3/t17-,18+/m0/s1. The van der Waals surface area contributed by atoms with Gasteiger partial charge in [0.15, 0.2) is 15.9 Å². The lowest BCUT2D eigenvalue weighted by molar-refractivity contribution is -0.141. The molecule has 3 rings (SSSR count). The van der Waals surface area contributed by atoms with Crippen LogP contribution in [0.15, 0.2) is 34.7 Å². The highest BCUT2D eigenvalue weighted by molar-refractivity contribution is 7.91. The van der Waals surface area contributed by atoms with Crippen LogP contribution in [0.3, 0.4) is 0 Å². The third kappa shape index (κ3) is 4.58. The van der Waals surface area contributed by atoms with Crippen LogP contribution in [0.5, 0.6) is 5.75 Å². The van der Waals surface area contributed by atoms with E-state index in [1.807, 2.05) is 51.1 Å². The molecule has 2 atom stereocenters. The first-order chi connectivity index (χ1) is 13.2. The molecule has 1 fully saturated rings. The van der Waals surface area contributed by atoms with Crippen molar-refractivity contribution in [1.82, 2.24) is 4.90 Å². The van der Waals surface area contributed by atoms with Crippen molar-refractivity contribution in [2.45, 2.75) is 52.8 Å². The van der Waals surface area contributed by atoms with E-state index in [0.717, 1.165) is 16.9 Å². The molecular formula is C21H27NO5S. The maximum absolute atomic E-state index is 13.2. The van der Waals surface area contributed by atoms with E-state index in [4.69, 9.17) is 9.15 Å². The molecule has 0 spiro atoms. The molecule has 1 aliphatic rings. The third-order valence-electron chi connectivity index (χ3n) is 5.26. The van der Waals surface area contributed by atoms with Gasteiger partial charge in [0.1, 0.15) is 17.3 Å². The van der Waals surface area contributed by atoms with Crippen LogP contribution in [0, 0.1) is 20.8 Å². The summed E-state index contributed by atoms with van der Waals surface area (Å²) in [6, 6.07) is 9.00. The highest BCUT2D eigenvalue weighted by Crippen LogP contribution is 2.25. The Hall–Kier alpha value is -2.28. The number of carbonyl (C=O) groups excluding carboxylic acids is 1. The molecule has 1 aromatic carbocycles.